The van der Waals surface area contributed by atoms with Crippen LogP contribution in [0.5, 0.6) is 0 Å². The Morgan fingerprint density at radius 2 is 2.16 bits per heavy atom. The van der Waals surface area contributed by atoms with Gasteiger partial charge in [-0.25, -0.2) is 0 Å². The maximum Gasteiger partial charge on any atom is 0.101 e. The van der Waals surface area contributed by atoms with Crippen molar-refractivity contribution < 1.29 is 0 Å². The molecule has 1 heterocycles. The van der Waals surface area contributed by atoms with Crippen molar-refractivity contribution in [1.82, 2.24) is 0 Å². The molecule has 0 saturated carbocycles. The van der Waals surface area contributed by atoms with E-state index in [2.05, 4.69) is 42.3 Å². The summed E-state index contributed by atoms with van der Waals surface area (Å²) in [6, 6.07) is 12.3. The lowest BCUT2D eigenvalue weighted by molar-refractivity contribution is 0.687. The SMILES string of the molecule is CC(C)N(Cc1cccs1)c1ccc(C#N)c(N)c1. The molecule has 0 fully saturated rings. The van der Waals surface area contributed by atoms with E-state index in [0.717, 1.165) is 12.2 Å². The summed E-state index contributed by atoms with van der Waals surface area (Å²) in [7, 11) is 0. The monoisotopic (exact) mass is 271 g/mol. The van der Waals surface area contributed by atoms with Crippen LogP contribution in [-0.2, 0) is 6.54 Å². The second-order valence-electron chi connectivity index (χ2n) is 4.68. The van der Waals surface area contributed by atoms with Crippen molar-refractivity contribution in [2.24, 2.45) is 0 Å². The molecule has 0 aliphatic heterocycles. The van der Waals surface area contributed by atoms with Gasteiger partial charge in [0.05, 0.1) is 17.8 Å². The van der Waals surface area contributed by atoms with Gasteiger partial charge in [-0.05, 0) is 43.5 Å². The molecule has 2 N–H and O–H groups in total. The molecule has 1 aromatic carbocycles. The van der Waals surface area contributed by atoms with Crippen molar-refractivity contribution >= 4 is 22.7 Å². The van der Waals surface area contributed by atoms with Crippen molar-refractivity contribution in [2.45, 2.75) is 26.4 Å². The molecule has 98 valence electrons. The minimum atomic E-state index is 0.370. The van der Waals surface area contributed by atoms with Crippen LogP contribution in [0, 0.1) is 11.3 Å². The standard InChI is InChI=1S/C15H17N3S/c1-11(2)18(10-14-4-3-7-19-14)13-6-5-12(9-16)15(17)8-13/h3-8,11H,10,17H2,1-2H3. The molecule has 2 aromatic rings. The third-order valence-corrected chi connectivity index (χ3v) is 3.88. The highest BCUT2D eigenvalue weighted by Gasteiger charge is 2.13. The number of anilines is 2. The van der Waals surface area contributed by atoms with E-state index in [4.69, 9.17) is 11.0 Å². The number of nitrogens with zero attached hydrogens (tertiary/aromatic N) is 2. The van der Waals surface area contributed by atoms with E-state index in [1.807, 2.05) is 12.1 Å². The lowest BCUT2D eigenvalue weighted by atomic mass is 10.1. The first-order valence-electron chi connectivity index (χ1n) is 6.20. The Bertz CT molecular complexity index is 582. The number of nitrogen functional groups attached to an aromatic ring is 1. The number of nitrogens with two attached hydrogens (primary N) is 1. The Kier molecular flexibility index (Phi) is 4.08. The summed E-state index contributed by atoms with van der Waals surface area (Å²) in [5.74, 6) is 0. The van der Waals surface area contributed by atoms with E-state index in [-0.39, 0.29) is 0 Å². The van der Waals surface area contributed by atoms with Crippen molar-refractivity contribution in [3.63, 3.8) is 0 Å². The molecular weight excluding hydrogens is 254 g/mol. The quantitative estimate of drug-likeness (QED) is 0.864. The van der Waals surface area contributed by atoms with Gasteiger partial charge in [-0.1, -0.05) is 6.07 Å². The topological polar surface area (TPSA) is 53.0 Å². The molecule has 4 heteroatoms. The number of hydrogen-bond donors (Lipinski definition) is 1. The number of rotatable bonds is 4. The molecule has 19 heavy (non-hydrogen) atoms. The van der Waals surface area contributed by atoms with E-state index in [1.165, 1.54) is 4.88 Å². The maximum absolute atomic E-state index is 8.92. The van der Waals surface area contributed by atoms with Gasteiger partial charge < -0.3 is 10.6 Å². The van der Waals surface area contributed by atoms with Crippen LogP contribution >= 0.6 is 11.3 Å². The first-order chi connectivity index (χ1) is 9.11. The smallest absolute Gasteiger partial charge is 0.101 e. The summed E-state index contributed by atoms with van der Waals surface area (Å²) in [5, 5.41) is 11.0. The van der Waals surface area contributed by atoms with Crippen LogP contribution in [-0.4, -0.2) is 6.04 Å². The minimum absolute atomic E-state index is 0.370. The van der Waals surface area contributed by atoms with E-state index in [9.17, 15) is 0 Å². The van der Waals surface area contributed by atoms with E-state index >= 15 is 0 Å². The molecule has 0 aliphatic rings. The van der Waals surface area contributed by atoms with Crippen LogP contribution in [0.2, 0.25) is 0 Å². The molecule has 0 aliphatic carbocycles. The van der Waals surface area contributed by atoms with Crippen LogP contribution in [0.4, 0.5) is 11.4 Å². The molecule has 0 spiro atoms. The summed E-state index contributed by atoms with van der Waals surface area (Å²) in [4.78, 5) is 3.60. The molecular formula is C15H17N3S. The highest BCUT2D eigenvalue weighted by Crippen LogP contribution is 2.25. The van der Waals surface area contributed by atoms with Crippen LogP contribution in [0.25, 0.3) is 0 Å². The summed E-state index contributed by atoms with van der Waals surface area (Å²) < 4.78 is 0. The highest BCUT2D eigenvalue weighted by molar-refractivity contribution is 7.09. The second-order valence-corrected chi connectivity index (χ2v) is 5.72. The van der Waals surface area contributed by atoms with E-state index < -0.39 is 0 Å². The molecule has 3 nitrogen and oxygen atoms in total. The number of benzene rings is 1. The lowest BCUT2D eigenvalue weighted by Gasteiger charge is -2.29. The Hall–Kier alpha value is -1.99. The Labute approximate surface area is 117 Å². The summed E-state index contributed by atoms with van der Waals surface area (Å²) >= 11 is 1.75. The van der Waals surface area contributed by atoms with Gasteiger partial charge in [0.25, 0.3) is 0 Å². The molecule has 0 radical (unpaired) electrons. The fourth-order valence-electron chi connectivity index (χ4n) is 1.97. The second kappa shape index (κ2) is 5.77. The molecule has 1 aromatic heterocycles. The van der Waals surface area contributed by atoms with Gasteiger partial charge in [0, 0.05) is 16.6 Å². The minimum Gasteiger partial charge on any atom is -0.398 e. The molecule has 0 amide bonds. The Morgan fingerprint density at radius 3 is 2.68 bits per heavy atom. The lowest BCUT2D eigenvalue weighted by Crippen LogP contribution is -2.29. The van der Waals surface area contributed by atoms with Crippen molar-refractivity contribution in [2.75, 3.05) is 10.6 Å². The predicted molar refractivity (Wildman–Crippen MR) is 81.2 cm³/mol. The van der Waals surface area contributed by atoms with E-state index in [1.54, 1.807) is 17.4 Å². The molecule has 0 unspecified atom stereocenters. The Balaban J connectivity index is 2.29. The maximum atomic E-state index is 8.92. The van der Waals surface area contributed by atoms with Crippen LogP contribution in [0.1, 0.15) is 24.3 Å². The fourth-order valence-corrected chi connectivity index (χ4v) is 2.68. The predicted octanol–water partition coefficient (Wildman–Crippen LogP) is 3.62. The largest absolute Gasteiger partial charge is 0.398 e. The zero-order chi connectivity index (χ0) is 13.8. The van der Waals surface area contributed by atoms with Crippen LogP contribution in [0.3, 0.4) is 0 Å². The van der Waals surface area contributed by atoms with E-state index in [0.29, 0.717) is 17.3 Å². The normalized spacial score (nSPS) is 10.4. The molecule has 2 rings (SSSR count). The summed E-state index contributed by atoms with van der Waals surface area (Å²) in [5.41, 5.74) is 8.02. The van der Waals surface area contributed by atoms with Crippen LogP contribution in [0.15, 0.2) is 35.7 Å². The van der Waals surface area contributed by atoms with Crippen molar-refractivity contribution in [3.8, 4) is 6.07 Å². The summed E-state index contributed by atoms with van der Waals surface area (Å²) in [6.07, 6.45) is 0. The highest BCUT2D eigenvalue weighted by atomic mass is 32.1. The van der Waals surface area contributed by atoms with Crippen LogP contribution < -0.4 is 10.6 Å². The van der Waals surface area contributed by atoms with Gasteiger partial charge in [0.2, 0.25) is 0 Å². The van der Waals surface area contributed by atoms with Gasteiger partial charge in [0.15, 0.2) is 0 Å². The van der Waals surface area contributed by atoms with Crippen molar-refractivity contribution in [1.29, 1.82) is 5.26 Å². The van der Waals surface area contributed by atoms with Gasteiger partial charge in [-0.3, -0.25) is 0 Å². The van der Waals surface area contributed by atoms with Gasteiger partial charge in [-0.2, -0.15) is 5.26 Å². The average Bonchev–Trinajstić information content (AvgIpc) is 2.88. The average molecular weight is 271 g/mol. The number of nitriles is 1. The Morgan fingerprint density at radius 1 is 1.37 bits per heavy atom. The zero-order valence-electron chi connectivity index (χ0n) is 11.1. The zero-order valence-corrected chi connectivity index (χ0v) is 11.9. The van der Waals surface area contributed by atoms with Gasteiger partial charge in [-0.15, -0.1) is 11.3 Å². The summed E-state index contributed by atoms with van der Waals surface area (Å²) in [6.45, 7) is 5.17. The number of hydrogen-bond acceptors (Lipinski definition) is 4. The molecule has 0 atom stereocenters. The number of thiophene rings is 1. The fraction of sp³-hybridized carbons (Fsp3) is 0.267. The molecule has 0 bridgehead atoms. The van der Waals surface area contributed by atoms with Gasteiger partial charge in [0.1, 0.15) is 6.07 Å². The third-order valence-electron chi connectivity index (χ3n) is 3.02. The molecule has 0 saturated heterocycles. The van der Waals surface area contributed by atoms with Crippen molar-refractivity contribution in [3.05, 3.63) is 46.2 Å². The first-order valence-corrected chi connectivity index (χ1v) is 7.08. The first kappa shape index (κ1) is 13.4. The third kappa shape index (κ3) is 3.07. The van der Waals surface area contributed by atoms with Gasteiger partial charge >= 0.3 is 0 Å².